The topological polar surface area (TPSA) is 85.3 Å². The van der Waals surface area contributed by atoms with E-state index < -0.39 is 0 Å². The van der Waals surface area contributed by atoms with Crippen LogP contribution in [0.5, 0.6) is 0 Å². The summed E-state index contributed by atoms with van der Waals surface area (Å²) >= 11 is 1.19. The van der Waals surface area contributed by atoms with Crippen LogP contribution in [0.25, 0.3) is 17.3 Å². The molecular formula is C21H16FN5O2S. The zero-order chi connectivity index (χ0) is 20.8. The van der Waals surface area contributed by atoms with Crippen molar-refractivity contribution in [2.75, 3.05) is 5.75 Å². The highest BCUT2D eigenvalue weighted by Gasteiger charge is 2.19. The molecule has 150 valence electrons. The Morgan fingerprint density at radius 2 is 1.90 bits per heavy atom. The Morgan fingerprint density at radius 1 is 1.10 bits per heavy atom. The maximum atomic E-state index is 13.4. The summed E-state index contributed by atoms with van der Waals surface area (Å²) in [6.45, 7) is 0. The highest BCUT2D eigenvalue weighted by molar-refractivity contribution is 7.99. The molecule has 0 bridgehead atoms. The second kappa shape index (κ2) is 9.19. The van der Waals surface area contributed by atoms with Gasteiger partial charge in [-0.05, 0) is 42.0 Å². The summed E-state index contributed by atoms with van der Waals surface area (Å²) in [7, 11) is 0. The minimum Gasteiger partial charge on any atom is -0.461 e. The molecule has 4 aromatic rings. The van der Waals surface area contributed by atoms with E-state index in [1.54, 1.807) is 35.0 Å². The van der Waals surface area contributed by atoms with Gasteiger partial charge in [0.05, 0.1) is 23.9 Å². The molecule has 0 unspecified atom stereocenters. The number of carbonyl (C=O) groups is 1. The first-order chi connectivity index (χ1) is 14.7. The van der Waals surface area contributed by atoms with Crippen LogP contribution in [0, 0.1) is 5.82 Å². The fraction of sp³-hybridized carbons (Fsp3) is 0.0476. The van der Waals surface area contributed by atoms with E-state index in [1.807, 2.05) is 30.3 Å². The summed E-state index contributed by atoms with van der Waals surface area (Å²) in [5.41, 5.74) is 4.02. The molecule has 0 spiro atoms. The second-order valence-corrected chi connectivity index (χ2v) is 7.03. The number of furan rings is 1. The fourth-order valence-electron chi connectivity index (χ4n) is 2.63. The number of rotatable bonds is 7. The van der Waals surface area contributed by atoms with Crippen molar-refractivity contribution in [2.24, 2.45) is 5.10 Å². The van der Waals surface area contributed by atoms with E-state index in [9.17, 15) is 9.18 Å². The van der Waals surface area contributed by atoms with E-state index in [1.165, 1.54) is 30.2 Å². The highest BCUT2D eigenvalue weighted by Crippen LogP contribution is 2.28. The van der Waals surface area contributed by atoms with Crippen molar-refractivity contribution in [2.45, 2.75) is 5.16 Å². The number of halogens is 1. The molecule has 0 atom stereocenters. The normalized spacial score (nSPS) is 11.1. The smallest absolute Gasteiger partial charge is 0.250 e. The monoisotopic (exact) mass is 421 g/mol. The molecule has 0 aliphatic heterocycles. The van der Waals surface area contributed by atoms with Gasteiger partial charge in [-0.1, -0.05) is 42.1 Å². The second-order valence-electron chi connectivity index (χ2n) is 6.09. The van der Waals surface area contributed by atoms with Gasteiger partial charge < -0.3 is 4.42 Å². The number of nitrogens with zero attached hydrogens (tertiary/aromatic N) is 4. The van der Waals surface area contributed by atoms with Gasteiger partial charge in [-0.25, -0.2) is 9.82 Å². The maximum absolute atomic E-state index is 13.4. The minimum absolute atomic E-state index is 0.0730. The lowest BCUT2D eigenvalue weighted by molar-refractivity contribution is -0.118. The molecule has 1 amide bonds. The third kappa shape index (κ3) is 4.64. The standard InChI is InChI=1S/C21H16FN5O2S/c22-16-8-10-17(11-9-16)27-20(18-7-4-12-29-18)25-26-21(27)30-14-19(28)24-23-13-15-5-2-1-3-6-15/h1-13H,14H2,(H,24,28). The lowest BCUT2D eigenvalue weighted by Crippen LogP contribution is -2.20. The van der Waals surface area contributed by atoms with Gasteiger partial charge in [-0.2, -0.15) is 5.10 Å². The molecule has 0 radical (unpaired) electrons. The SMILES string of the molecule is O=C(CSc1nnc(-c2ccco2)n1-c1ccc(F)cc1)NN=Cc1ccccc1. The van der Waals surface area contributed by atoms with Gasteiger partial charge in [0.25, 0.3) is 5.91 Å². The van der Waals surface area contributed by atoms with E-state index in [4.69, 9.17) is 4.42 Å². The first kappa shape index (κ1) is 19.6. The molecule has 30 heavy (non-hydrogen) atoms. The van der Waals surface area contributed by atoms with Gasteiger partial charge in [0.1, 0.15) is 5.82 Å². The van der Waals surface area contributed by atoms with Crippen molar-refractivity contribution in [1.82, 2.24) is 20.2 Å². The zero-order valence-electron chi connectivity index (χ0n) is 15.6. The number of thioether (sulfide) groups is 1. The van der Waals surface area contributed by atoms with Crippen LogP contribution in [0.2, 0.25) is 0 Å². The van der Waals surface area contributed by atoms with Crippen LogP contribution < -0.4 is 5.43 Å². The van der Waals surface area contributed by atoms with Gasteiger partial charge in [0.2, 0.25) is 5.82 Å². The molecule has 0 saturated heterocycles. The summed E-state index contributed by atoms with van der Waals surface area (Å²) in [6.07, 6.45) is 3.10. The molecule has 9 heteroatoms. The lowest BCUT2D eigenvalue weighted by atomic mass is 10.2. The molecule has 0 aliphatic carbocycles. The molecule has 0 aliphatic rings. The van der Waals surface area contributed by atoms with Crippen LogP contribution in [0.15, 0.2) is 87.7 Å². The van der Waals surface area contributed by atoms with E-state index in [0.29, 0.717) is 22.4 Å². The molecule has 2 aromatic carbocycles. The Bertz CT molecular complexity index is 1140. The number of amides is 1. The van der Waals surface area contributed by atoms with Crippen LogP contribution in [-0.2, 0) is 4.79 Å². The van der Waals surface area contributed by atoms with Crippen LogP contribution >= 0.6 is 11.8 Å². The summed E-state index contributed by atoms with van der Waals surface area (Å²) in [5, 5.41) is 12.8. The Labute approximate surface area is 175 Å². The Hall–Kier alpha value is -3.72. The molecule has 0 saturated carbocycles. The van der Waals surface area contributed by atoms with Crippen molar-refractivity contribution in [1.29, 1.82) is 0 Å². The number of carbonyl (C=O) groups excluding carboxylic acids is 1. The number of aromatic nitrogens is 3. The van der Waals surface area contributed by atoms with Gasteiger partial charge >= 0.3 is 0 Å². The third-order valence-corrected chi connectivity index (χ3v) is 4.92. The first-order valence-electron chi connectivity index (χ1n) is 8.96. The van der Waals surface area contributed by atoms with Crippen molar-refractivity contribution in [3.63, 3.8) is 0 Å². The molecular weight excluding hydrogens is 405 g/mol. The van der Waals surface area contributed by atoms with Crippen LogP contribution in [0.1, 0.15) is 5.56 Å². The Morgan fingerprint density at radius 3 is 2.63 bits per heavy atom. The van der Waals surface area contributed by atoms with E-state index in [0.717, 1.165) is 5.56 Å². The fourth-order valence-corrected chi connectivity index (χ4v) is 3.38. The van der Waals surface area contributed by atoms with Gasteiger partial charge in [0, 0.05) is 0 Å². The van der Waals surface area contributed by atoms with Crippen molar-refractivity contribution < 1.29 is 13.6 Å². The molecule has 7 nitrogen and oxygen atoms in total. The lowest BCUT2D eigenvalue weighted by Gasteiger charge is -2.09. The number of hydrogen-bond acceptors (Lipinski definition) is 6. The Kier molecular flexibility index (Phi) is 6.00. The predicted octanol–water partition coefficient (Wildman–Crippen LogP) is 3.91. The van der Waals surface area contributed by atoms with Crippen molar-refractivity contribution >= 4 is 23.9 Å². The average molecular weight is 421 g/mol. The van der Waals surface area contributed by atoms with E-state index in [-0.39, 0.29) is 17.5 Å². The maximum Gasteiger partial charge on any atom is 0.250 e. The highest BCUT2D eigenvalue weighted by atomic mass is 32.2. The van der Waals surface area contributed by atoms with E-state index >= 15 is 0 Å². The molecule has 4 rings (SSSR count). The van der Waals surface area contributed by atoms with Crippen LogP contribution in [0.4, 0.5) is 4.39 Å². The van der Waals surface area contributed by atoms with Gasteiger partial charge in [-0.3, -0.25) is 9.36 Å². The molecule has 2 heterocycles. The minimum atomic E-state index is -0.351. The van der Waals surface area contributed by atoms with Gasteiger partial charge in [-0.15, -0.1) is 10.2 Å². The van der Waals surface area contributed by atoms with Gasteiger partial charge in [0.15, 0.2) is 10.9 Å². The molecule has 1 N–H and O–H groups in total. The number of nitrogens with one attached hydrogen (secondary N) is 1. The van der Waals surface area contributed by atoms with Crippen LogP contribution in [0.3, 0.4) is 0 Å². The van der Waals surface area contributed by atoms with E-state index in [2.05, 4.69) is 20.7 Å². The number of hydrazone groups is 1. The molecule has 0 fully saturated rings. The quantitative estimate of drug-likeness (QED) is 0.278. The number of hydrogen-bond donors (Lipinski definition) is 1. The zero-order valence-corrected chi connectivity index (χ0v) is 16.4. The third-order valence-electron chi connectivity index (χ3n) is 3.99. The average Bonchev–Trinajstić information content (AvgIpc) is 3.43. The first-order valence-corrected chi connectivity index (χ1v) is 9.94. The Balaban J connectivity index is 1.49. The predicted molar refractivity (Wildman–Crippen MR) is 112 cm³/mol. The largest absolute Gasteiger partial charge is 0.461 e. The van der Waals surface area contributed by atoms with Crippen LogP contribution in [-0.4, -0.2) is 32.6 Å². The van der Waals surface area contributed by atoms with Crippen molar-refractivity contribution in [3.8, 4) is 17.3 Å². The van der Waals surface area contributed by atoms with Crippen molar-refractivity contribution in [3.05, 3.63) is 84.4 Å². The summed E-state index contributed by atoms with van der Waals surface area (Å²) in [4.78, 5) is 12.2. The molecule has 2 aromatic heterocycles. The number of benzene rings is 2. The summed E-state index contributed by atoms with van der Waals surface area (Å²) in [6, 6.07) is 18.8. The summed E-state index contributed by atoms with van der Waals surface area (Å²) in [5.74, 6) is 0.396. The summed E-state index contributed by atoms with van der Waals surface area (Å²) < 4.78 is 20.5.